The number of carbonyl (C=O) groups excluding carboxylic acids is 1. The number of hydrogen-bond donors (Lipinski definition) is 0. The van der Waals surface area contributed by atoms with E-state index in [-0.39, 0.29) is 21.2 Å². The van der Waals surface area contributed by atoms with Gasteiger partial charge in [0.2, 0.25) is 0 Å². The first-order chi connectivity index (χ1) is 9.47. The summed E-state index contributed by atoms with van der Waals surface area (Å²) in [6.07, 6.45) is 0. The number of Topliss-reactive ketones (excluding diaryl/α,β-unsaturated/α-hetero) is 1. The SMILES string of the molecule is O=C(CS(=O)c1cccc(F)c1)c1cc(Cl)ccc1Cl. The molecule has 20 heavy (non-hydrogen) atoms. The van der Waals surface area contributed by atoms with Gasteiger partial charge in [-0.3, -0.25) is 9.00 Å². The van der Waals surface area contributed by atoms with E-state index in [1.54, 1.807) is 6.07 Å². The summed E-state index contributed by atoms with van der Waals surface area (Å²) in [4.78, 5) is 12.3. The molecule has 6 heteroatoms. The molecule has 0 aliphatic rings. The summed E-state index contributed by atoms with van der Waals surface area (Å²) in [6, 6.07) is 9.83. The monoisotopic (exact) mass is 330 g/mol. The van der Waals surface area contributed by atoms with Crippen molar-refractivity contribution in [2.75, 3.05) is 5.75 Å². The molecule has 1 unspecified atom stereocenters. The lowest BCUT2D eigenvalue weighted by atomic mass is 10.1. The fourth-order valence-corrected chi connectivity index (χ4v) is 3.03. The molecule has 0 bridgehead atoms. The third kappa shape index (κ3) is 3.66. The largest absolute Gasteiger partial charge is 0.293 e. The van der Waals surface area contributed by atoms with Crippen LogP contribution in [0.2, 0.25) is 10.0 Å². The minimum Gasteiger partial charge on any atom is -0.293 e. The van der Waals surface area contributed by atoms with Crippen LogP contribution in [0.3, 0.4) is 0 Å². The normalized spacial score (nSPS) is 12.2. The number of ketones is 1. The lowest BCUT2D eigenvalue weighted by Gasteiger charge is -2.05. The Morgan fingerprint density at radius 2 is 1.90 bits per heavy atom. The van der Waals surface area contributed by atoms with Gasteiger partial charge < -0.3 is 0 Å². The number of rotatable bonds is 4. The maximum atomic E-state index is 13.0. The number of halogens is 3. The van der Waals surface area contributed by atoms with E-state index in [0.29, 0.717) is 5.02 Å². The topological polar surface area (TPSA) is 34.1 Å². The Labute approximate surface area is 128 Å². The predicted molar refractivity (Wildman–Crippen MR) is 78.5 cm³/mol. The van der Waals surface area contributed by atoms with Crippen molar-refractivity contribution in [3.05, 3.63) is 63.9 Å². The molecule has 0 heterocycles. The summed E-state index contributed by atoms with van der Waals surface area (Å²) in [5.41, 5.74) is 0.212. The summed E-state index contributed by atoms with van der Waals surface area (Å²) in [7, 11) is -1.63. The van der Waals surface area contributed by atoms with E-state index in [9.17, 15) is 13.4 Å². The van der Waals surface area contributed by atoms with Gasteiger partial charge in [0.1, 0.15) is 5.82 Å². The molecule has 0 amide bonds. The molecule has 2 rings (SSSR count). The average Bonchev–Trinajstić information content (AvgIpc) is 2.41. The Bertz CT molecular complexity index is 689. The van der Waals surface area contributed by atoms with Gasteiger partial charge in [-0.2, -0.15) is 0 Å². The van der Waals surface area contributed by atoms with Gasteiger partial charge in [0.15, 0.2) is 5.78 Å². The van der Waals surface area contributed by atoms with Crippen LogP contribution in [-0.4, -0.2) is 15.7 Å². The highest BCUT2D eigenvalue weighted by atomic mass is 35.5. The fraction of sp³-hybridized carbons (Fsp3) is 0.0714. The van der Waals surface area contributed by atoms with Gasteiger partial charge in [0.05, 0.1) is 21.6 Å². The molecular formula is C14H9Cl2FO2S. The van der Waals surface area contributed by atoms with Gasteiger partial charge >= 0.3 is 0 Å². The first-order valence-electron chi connectivity index (χ1n) is 5.59. The first kappa shape index (κ1) is 15.2. The molecule has 104 valence electrons. The highest BCUT2D eigenvalue weighted by Crippen LogP contribution is 2.22. The van der Waals surface area contributed by atoms with Crippen LogP contribution >= 0.6 is 23.2 Å². The third-order valence-corrected chi connectivity index (χ3v) is 4.42. The zero-order valence-electron chi connectivity index (χ0n) is 10.1. The Balaban J connectivity index is 2.19. The van der Waals surface area contributed by atoms with E-state index < -0.39 is 22.4 Å². The molecule has 0 aliphatic heterocycles. The molecule has 0 aliphatic carbocycles. The molecule has 0 saturated heterocycles. The van der Waals surface area contributed by atoms with Crippen molar-refractivity contribution < 1.29 is 13.4 Å². The number of benzene rings is 2. The molecule has 1 atom stereocenters. The lowest BCUT2D eigenvalue weighted by Crippen LogP contribution is -2.11. The van der Waals surface area contributed by atoms with Crippen molar-refractivity contribution in [2.45, 2.75) is 4.90 Å². The van der Waals surface area contributed by atoms with Gasteiger partial charge in [0.25, 0.3) is 0 Å². The van der Waals surface area contributed by atoms with Crippen molar-refractivity contribution in [3.63, 3.8) is 0 Å². The molecule has 0 radical (unpaired) electrons. The Morgan fingerprint density at radius 1 is 1.15 bits per heavy atom. The summed E-state index contributed by atoms with van der Waals surface area (Å²) in [5, 5.41) is 0.616. The average molecular weight is 331 g/mol. The van der Waals surface area contributed by atoms with E-state index in [4.69, 9.17) is 23.2 Å². The van der Waals surface area contributed by atoms with E-state index in [1.165, 1.54) is 30.3 Å². The standard InChI is InChI=1S/C14H9Cl2FO2S/c15-9-4-5-13(16)12(6-9)14(18)8-20(19)11-3-1-2-10(17)7-11/h1-7H,8H2. The maximum absolute atomic E-state index is 13.0. The Morgan fingerprint density at radius 3 is 2.60 bits per heavy atom. The predicted octanol–water partition coefficient (Wildman–Crippen LogP) is 4.12. The van der Waals surface area contributed by atoms with Gasteiger partial charge in [-0.25, -0.2) is 4.39 Å². The molecule has 0 N–H and O–H groups in total. The van der Waals surface area contributed by atoms with Crippen LogP contribution in [0.5, 0.6) is 0 Å². The summed E-state index contributed by atoms with van der Waals surface area (Å²) in [5.74, 6) is -1.17. The second-order valence-corrected chi connectivity index (χ2v) is 6.29. The molecule has 0 saturated carbocycles. The van der Waals surface area contributed by atoms with E-state index in [0.717, 1.165) is 6.07 Å². The van der Waals surface area contributed by atoms with Gasteiger partial charge in [-0.1, -0.05) is 29.3 Å². The summed E-state index contributed by atoms with van der Waals surface area (Å²) < 4.78 is 25.1. The molecule has 0 aromatic heterocycles. The highest BCUT2D eigenvalue weighted by molar-refractivity contribution is 7.85. The Hall–Kier alpha value is -1.23. The van der Waals surface area contributed by atoms with E-state index >= 15 is 0 Å². The van der Waals surface area contributed by atoms with Crippen molar-refractivity contribution in [3.8, 4) is 0 Å². The number of carbonyl (C=O) groups is 1. The second kappa shape index (κ2) is 6.48. The summed E-state index contributed by atoms with van der Waals surface area (Å²) in [6.45, 7) is 0. The quantitative estimate of drug-likeness (QED) is 0.790. The van der Waals surface area contributed by atoms with Crippen LogP contribution in [0.15, 0.2) is 47.4 Å². The van der Waals surface area contributed by atoms with Crippen LogP contribution < -0.4 is 0 Å². The highest BCUT2D eigenvalue weighted by Gasteiger charge is 2.16. The fourth-order valence-electron chi connectivity index (χ4n) is 1.60. The smallest absolute Gasteiger partial charge is 0.177 e. The zero-order chi connectivity index (χ0) is 14.7. The molecule has 2 aromatic rings. The van der Waals surface area contributed by atoms with E-state index in [2.05, 4.69) is 0 Å². The first-order valence-corrected chi connectivity index (χ1v) is 7.67. The molecule has 0 spiro atoms. The third-order valence-electron chi connectivity index (χ3n) is 2.55. The molecule has 0 fully saturated rings. The van der Waals surface area contributed by atoms with Crippen molar-refractivity contribution in [2.24, 2.45) is 0 Å². The van der Waals surface area contributed by atoms with Gasteiger partial charge in [-0.05, 0) is 36.4 Å². The maximum Gasteiger partial charge on any atom is 0.177 e. The van der Waals surface area contributed by atoms with Crippen molar-refractivity contribution in [1.29, 1.82) is 0 Å². The zero-order valence-corrected chi connectivity index (χ0v) is 12.4. The summed E-state index contributed by atoms with van der Waals surface area (Å²) >= 11 is 11.7. The van der Waals surface area contributed by atoms with Crippen LogP contribution in [-0.2, 0) is 10.8 Å². The minimum atomic E-state index is -1.63. The molecule has 2 aromatic carbocycles. The van der Waals surface area contributed by atoms with Crippen LogP contribution in [0, 0.1) is 5.82 Å². The minimum absolute atomic E-state index is 0.212. The van der Waals surface area contributed by atoms with Crippen LogP contribution in [0.4, 0.5) is 4.39 Å². The Kier molecular flexibility index (Phi) is 4.91. The second-order valence-electron chi connectivity index (χ2n) is 3.99. The van der Waals surface area contributed by atoms with Crippen LogP contribution in [0.25, 0.3) is 0 Å². The molecule has 2 nitrogen and oxygen atoms in total. The van der Waals surface area contributed by atoms with Crippen molar-refractivity contribution >= 4 is 39.8 Å². The number of hydrogen-bond acceptors (Lipinski definition) is 2. The molecular weight excluding hydrogens is 322 g/mol. The lowest BCUT2D eigenvalue weighted by molar-refractivity contribution is 0.102. The van der Waals surface area contributed by atoms with E-state index in [1.807, 2.05) is 0 Å². The van der Waals surface area contributed by atoms with Gasteiger partial charge in [0, 0.05) is 15.5 Å². The van der Waals surface area contributed by atoms with Crippen molar-refractivity contribution in [1.82, 2.24) is 0 Å². The van der Waals surface area contributed by atoms with Crippen LogP contribution in [0.1, 0.15) is 10.4 Å². The van der Waals surface area contributed by atoms with Gasteiger partial charge in [-0.15, -0.1) is 0 Å².